The molecule has 0 aliphatic heterocycles. The Hall–Kier alpha value is -3.35. The van der Waals surface area contributed by atoms with Gasteiger partial charge in [-0.25, -0.2) is 4.79 Å². The number of hydrogen-bond acceptors (Lipinski definition) is 4. The topological polar surface area (TPSA) is 105 Å². The Bertz CT molecular complexity index is 945. The molecular formula is C26H32N2O5. The number of carbonyl (C=O) groups excluding carboxylic acids is 2. The van der Waals surface area contributed by atoms with Crippen LogP contribution in [0, 0.1) is 5.92 Å². The molecule has 7 nitrogen and oxygen atoms in total. The molecular weight excluding hydrogens is 420 g/mol. The van der Waals surface area contributed by atoms with E-state index in [2.05, 4.69) is 34.9 Å². The summed E-state index contributed by atoms with van der Waals surface area (Å²) in [6.07, 6.45) is 1.65. The maximum atomic E-state index is 12.3. The third-order valence-electron chi connectivity index (χ3n) is 6.27. The highest BCUT2D eigenvalue weighted by molar-refractivity contribution is 5.85. The van der Waals surface area contributed by atoms with Crippen LogP contribution in [0.5, 0.6) is 0 Å². The molecule has 33 heavy (non-hydrogen) atoms. The fourth-order valence-electron chi connectivity index (χ4n) is 4.32. The van der Waals surface area contributed by atoms with E-state index >= 15 is 0 Å². The van der Waals surface area contributed by atoms with Gasteiger partial charge in [0.05, 0.1) is 0 Å². The molecule has 0 heterocycles. The zero-order valence-electron chi connectivity index (χ0n) is 19.2. The van der Waals surface area contributed by atoms with E-state index in [-0.39, 0.29) is 30.8 Å². The predicted octanol–water partition coefficient (Wildman–Crippen LogP) is 4.31. The molecule has 1 unspecified atom stereocenters. The van der Waals surface area contributed by atoms with E-state index in [1.165, 1.54) is 0 Å². The van der Waals surface area contributed by atoms with Gasteiger partial charge in [0.25, 0.3) is 0 Å². The maximum Gasteiger partial charge on any atom is 0.407 e. The lowest BCUT2D eigenvalue weighted by molar-refractivity contribution is -0.137. The first-order chi connectivity index (χ1) is 15.9. The summed E-state index contributed by atoms with van der Waals surface area (Å²) < 4.78 is 5.49. The second kappa shape index (κ2) is 11.5. The van der Waals surface area contributed by atoms with E-state index in [1.807, 2.05) is 31.2 Å². The van der Waals surface area contributed by atoms with E-state index in [0.717, 1.165) is 28.7 Å². The van der Waals surface area contributed by atoms with Crippen molar-refractivity contribution in [3.8, 4) is 11.1 Å². The van der Waals surface area contributed by atoms with Gasteiger partial charge in [-0.05, 0) is 47.9 Å². The molecule has 0 saturated carbocycles. The van der Waals surface area contributed by atoms with E-state index in [9.17, 15) is 14.4 Å². The van der Waals surface area contributed by atoms with Gasteiger partial charge >= 0.3 is 12.1 Å². The molecule has 3 N–H and O–H groups in total. The Kier molecular flexibility index (Phi) is 8.46. The minimum Gasteiger partial charge on any atom is -0.481 e. The van der Waals surface area contributed by atoms with E-state index in [4.69, 9.17) is 9.84 Å². The van der Waals surface area contributed by atoms with Gasteiger partial charge < -0.3 is 20.5 Å². The molecule has 7 heteroatoms. The third kappa shape index (κ3) is 6.34. The van der Waals surface area contributed by atoms with Crippen LogP contribution in [-0.2, 0) is 14.3 Å². The summed E-state index contributed by atoms with van der Waals surface area (Å²) in [4.78, 5) is 35.4. The van der Waals surface area contributed by atoms with Crippen molar-refractivity contribution in [3.05, 3.63) is 59.7 Å². The SMILES string of the molecule is CCC(CCNC(=O)[C@H](C)NC(=O)OCC1c2ccccc2-c2ccccc21)CCC(=O)O. The normalized spacial score (nSPS) is 14.0. The second-order valence-corrected chi connectivity index (χ2v) is 8.48. The molecule has 1 aliphatic rings. The van der Waals surface area contributed by atoms with E-state index < -0.39 is 18.1 Å². The number of benzene rings is 2. The van der Waals surface area contributed by atoms with E-state index in [1.54, 1.807) is 6.92 Å². The number of rotatable bonds is 11. The van der Waals surface area contributed by atoms with Gasteiger partial charge in [-0.1, -0.05) is 61.9 Å². The summed E-state index contributed by atoms with van der Waals surface area (Å²) in [5.74, 6) is -0.897. The van der Waals surface area contributed by atoms with Crippen molar-refractivity contribution in [1.82, 2.24) is 10.6 Å². The van der Waals surface area contributed by atoms with Crippen LogP contribution < -0.4 is 10.6 Å². The van der Waals surface area contributed by atoms with Gasteiger partial charge in [0.2, 0.25) is 5.91 Å². The highest BCUT2D eigenvalue weighted by atomic mass is 16.5. The van der Waals surface area contributed by atoms with Crippen molar-refractivity contribution in [2.45, 2.75) is 51.5 Å². The van der Waals surface area contributed by atoms with Crippen molar-refractivity contribution >= 4 is 18.0 Å². The first-order valence-corrected chi connectivity index (χ1v) is 11.5. The Morgan fingerprint density at radius 2 is 1.61 bits per heavy atom. The first kappa shape index (κ1) is 24.3. The Balaban J connectivity index is 1.45. The van der Waals surface area contributed by atoms with Gasteiger partial charge in [0.1, 0.15) is 12.6 Å². The Labute approximate surface area is 194 Å². The Morgan fingerprint density at radius 1 is 1.00 bits per heavy atom. The molecule has 0 saturated heterocycles. The summed E-state index contributed by atoms with van der Waals surface area (Å²) >= 11 is 0. The molecule has 0 spiro atoms. The zero-order chi connectivity index (χ0) is 23.8. The van der Waals surface area contributed by atoms with Gasteiger partial charge in [-0.3, -0.25) is 9.59 Å². The number of hydrogen-bond donors (Lipinski definition) is 3. The first-order valence-electron chi connectivity index (χ1n) is 11.5. The summed E-state index contributed by atoms with van der Waals surface area (Å²) in [5.41, 5.74) is 4.57. The molecule has 0 bridgehead atoms. The van der Waals surface area contributed by atoms with Crippen LogP contribution in [0.1, 0.15) is 56.6 Å². The van der Waals surface area contributed by atoms with Crippen LogP contribution in [0.15, 0.2) is 48.5 Å². The van der Waals surface area contributed by atoms with Gasteiger partial charge in [-0.15, -0.1) is 0 Å². The van der Waals surface area contributed by atoms with Crippen LogP contribution in [0.25, 0.3) is 11.1 Å². The molecule has 176 valence electrons. The highest BCUT2D eigenvalue weighted by Crippen LogP contribution is 2.44. The van der Waals surface area contributed by atoms with Crippen molar-refractivity contribution < 1.29 is 24.2 Å². The lowest BCUT2D eigenvalue weighted by atomic mass is 9.96. The van der Waals surface area contributed by atoms with Crippen molar-refractivity contribution in [3.63, 3.8) is 0 Å². The standard InChI is InChI=1S/C26H32N2O5/c1-3-18(12-13-24(29)30)14-15-27-25(31)17(2)28-26(32)33-16-23-21-10-6-4-8-19(21)20-9-5-7-11-22(20)23/h4-11,17-18,23H,3,12-16H2,1-2H3,(H,27,31)(H,28,32)(H,29,30)/t17-,18?/m0/s1. The summed E-state index contributed by atoms with van der Waals surface area (Å²) in [6, 6.07) is 15.5. The zero-order valence-corrected chi connectivity index (χ0v) is 19.2. The Morgan fingerprint density at radius 3 is 2.18 bits per heavy atom. The molecule has 1 aliphatic carbocycles. The maximum absolute atomic E-state index is 12.3. The molecule has 3 rings (SSSR count). The number of ether oxygens (including phenoxy) is 1. The van der Waals surface area contributed by atoms with Gasteiger partial charge in [0.15, 0.2) is 0 Å². The minimum absolute atomic E-state index is 0.0379. The van der Waals surface area contributed by atoms with Crippen molar-refractivity contribution in [1.29, 1.82) is 0 Å². The molecule has 0 aromatic heterocycles. The van der Waals surface area contributed by atoms with Crippen LogP contribution in [0.2, 0.25) is 0 Å². The highest BCUT2D eigenvalue weighted by Gasteiger charge is 2.29. The quantitative estimate of drug-likeness (QED) is 0.471. The van der Waals surface area contributed by atoms with Crippen molar-refractivity contribution in [2.24, 2.45) is 5.92 Å². The molecule has 0 radical (unpaired) electrons. The summed E-state index contributed by atoms with van der Waals surface area (Å²) in [7, 11) is 0. The lowest BCUT2D eigenvalue weighted by Crippen LogP contribution is -2.45. The number of amides is 2. The second-order valence-electron chi connectivity index (χ2n) is 8.48. The third-order valence-corrected chi connectivity index (χ3v) is 6.27. The number of aliphatic carboxylic acids is 1. The largest absolute Gasteiger partial charge is 0.481 e. The molecule has 2 atom stereocenters. The number of carboxylic acids is 1. The predicted molar refractivity (Wildman–Crippen MR) is 126 cm³/mol. The molecule has 2 aromatic carbocycles. The average molecular weight is 453 g/mol. The number of nitrogens with one attached hydrogen (secondary N) is 2. The molecule has 2 amide bonds. The molecule has 0 fully saturated rings. The number of carbonyl (C=O) groups is 3. The van der Waals surface area contributed by atoms with Crippen LogP contribution >= 0.6 is 0 Å². The molecule has 2 aromatic rings. The smallest absolute Gasteiger partial charge is 0.407 e. The fourth-order valence-corrected chi connectivity index (χ4v) is 4.32. The monoisotopic (exact) mass is 452 g/mol. The van der Waals surface area contributed by atoms with Crippen LogP contribution in [-0.4, -0.2) is 42.3 Å². The lowest BCUT2D eigenvalue weighted by Gasteiger charge is -2.18. The minimum atomic E-state index is -0.807. The van der Waals surface area contributed by atoms with Gasteiger partial charge in [0, 0.05) is 18.9 Å². The van der Waals surface area contributed by atoms with Crippen molar-refractivity contribution in [2.75, 3.05) is 13.2 Å². The van der Waals surface area contributed by atoms with E-state index in [0.29, 0.717) is 19.4 Å². The summed E-state index contributed by atoms with van der Waals surface area (Å²) in [5, 5.41) is 14.2. The fraction of sp³-hybridized carbons (Fsp3) is 0.423. The van der Waals surface area contributed by atoms with Crippen LogP contribution in [0.3, 0.4) is 0 Å². The number of fused-ring (bicyclic) bond motifs is 3. The number of alkyl carbamates (subject to hydrolysis) is 1. The summed E-state index contributed by atoms with van der Waals surface area (Å²) in [6.45, 7) is 4.25. The van der Waals surface area contributed by atoms with Gasteiger partial charge in [-0.2, -0.15) is 0 Å². The number of carboxylic acid groups (broad SMARTS) is 1. The average Bonchev–Trinajstić information content (AvgIpc) is 3.13. The van der Waals surface area contributed by atoms with Crippen LogP contribution in [0.4, 0.5) is 4.79 Å².